The topological polar surface area (TPSA) is 49.8 Å². The number of benzene rings is 1. The second-order valence-corrected chi connectivity index (χ2v) is 6.14. The maximum Gasteiger partial charge on any atom is 0.320 e. The second-order valence-electron chi connectivity index (χ2n) is 5.71. The number of carboxylic acid groups (broad SMARTS) is 1. The first-order valence-electron chi connectivity index (χ1n) is 7.35. The third kappa shape index (κ3) is 4.35. The average Bonchev–Trinajstić information content (AvgIpc) is 2.93. The molecule has 0 saturated heterocycles. The van der Waals surface area contributed by atoms with E-state index in [1.807, 2.05) is 18.2 Å². The number of halogens is 1. The molecule has 21 heavy (non-hydrogen) atoms. The van der Waals surface area contributed by atoms with E-state index in [9.17, 15) is 4.79 Å². The fourth-order valence-corrected chi connectivity index (χ4v) is 2.76. The van der Waals surface area contributed by atoms with E-state index in [1.54, 1.807) is 18.9 Å². The molecule has 1 atom stereocenters. The highest BCUT2D eigenvalue weighted by atomic mass is 35.5. The molecule has 0 amide bonds. The molecule has 4 nitrogen and oxygen atoms in total. The van der Waals surface area contributed by atoms with Crippen molar-refractivity contribution in [3.63, 3.8) is 0 Å². The Morgan fingerprint density at radius 3 is 2.76 bits per heavy atom. The van der Waals surface area contributed by atoms with Crippen molar-refractivity contribution in [1.82, 2.24) is 4.90 Å². The lowest BCUT2D eigenvalue weighted by molar-refractivity contribution is -0.142. The largest absolute Gasteiger partial charge is 0.490 e. The van der Waals surface area contributed by atoms with Gasteiger partial charge < -0.3 is 9.84 Å². The van der Waals surface area contributed by atoms with E-state index in [4.69, 9.17) is 21.4 Å². The van der Waals surface area contributed by atoms with Crippen molar-refractivity contribution in [2.75, 3.05) is 7.05 Å². The summed E-state index contributed by atoms with van der Waals surface area (Å²) in [5, 5.41) is 9.72. The summed E-state index contributed by atoms with van der Waals surface area (Å²) in [4.78, 5) is 12.8. The van der Waals surface area contributed by atoms with Gasteiger partial charge in [-0.2, -0.15) is 0 Å². The van der Waals surface area contributed by atoms with Crippen molar-refractivity contribution < 1.29 is 14.6 Å². The van der Waals surface area contributed by atoms with Crippen molar-refractivity contribution in [1.29, 1.82) is 0 Å². The Morgan fingerprint density at radius 1 is 1.48 bits per heavy atom. The molecule has 1 aromatic carbocycles. The molecule has 1 fully saturated rings. The van der Waals surface area contributed by atoms with Crippen LogP contribution in [0.25, 0.3) is 0 Å². The van der Waals surface area contributed by atoms with Gasteiger partial charge >= 0.3 is 5.97 Å². The highest BCUT2D eigenvalue weighted by molar-refractivity contribution is 6.30. The van der Waals surface area contributed by atoms with Crippen LogP contribution in [0.4, 0.5) is 0 Å². The SMILES string of the molecule is CC(C(=O)O)N(C)Cc1cc(Cl)ccc1OC1CCCC1. The van der Waals surface area contributed by atoms with Crippen molar-refractivity contribution in [3.05, 3.63) is 28.8 Å². The highest BCUT2D eigenvalue weighted by Crippen LogP contribution is 2.29. The number of likely N-dealkylation sites (N-methyl/N-ethyl adjacent to an activating group) is 1. The Morgan fingerprint density at radius 2 is 2.14 bits per heavy atom. The molecule has 1 aliphatic carbocycles. The molecule has 1 N–H and O–H groups in total. The summed E-state index contributed by atoms with van der Waals surface area (Å²) in [5.41, 5.74) is 0.935. The lowest BCUT2D eigenvalue weighted by Gasteiger charge is -2.23. The molecule has 2 rings (SSSR count). The maximum atomic E-state index is 11.1. The van der Waals surface area contributed by atoms with Crippen LogP contribution < -0.4 is 4.74 Å². The minimum atomic E-state index is -0.835. The third-order valence-corrected chi connectivity index (χ3v) is 4.29. The predicted octanol–water partition coefficient (Wildman–Crippen LogP) is 3.57. The Labute approximate surface area is 130 Å². The van der Waals surface area contributed by atoms with E-state index in [2.05, 4.69) is 0 Å². The van der Waals surface area contributed by atoms with Crippen LogP contribution in [0.5, 0.6) is 5.75 Å². The summed E-state index contributed by atoms with van der Waals surface area (Å²) in [6.07, 6.45) is 4.87. The number of ether oxygens (including phenoxy) is 1. The Bertz CT molecular complexity index is 500. The fourth-order valence-electron chi connectivity index (χ4n) is 2.57. The van der Waals surface area contributed by atoms with Crippen LogP contribution in [-0.4, -0.2) is 35.2 Å². The molecular formula is C16H22ClNO3. The smallest absolute Gasteiger partial charge is 0.320 e. The van der Waals surface area contributed by atoms with Crippen LogP contribution in [0.2, 0.25) is 5.02 Å². The molecule has 1 aliphatic rings. The quantitative estimate of drug-likeness (QED) is 0.872. The lowest BCUT2D eigenvalue weighted by Crippen LogP contribution is -2.35. The van der Waals surface area contributed by atoms with E-state index in [0.29, 0.717) is 11.6 Å². The van der Waals surface area contributed by atoms with Gasteiger partial charge in [-0.1, -0.05) is 11.6 Å². The minimum Gasteiger partial charge on any atom is -0.490 e. The Kier molecular flexibility index (Phi) is 5.48. The monoisotopic (exact) mass is 311 g/mol. The first kappa shape index (κ1) is 16.1. The van der Waals surface area contributed by atoms with Gasteiger partial charge in [0.05, 0.1) is 6.10 Å². The van der Waals surface area contributed by atoms with Crippen LogP contribution in [0.15, 0.2) is 18.2 Å². The summed E-state index contributed by atoms with van der Waals surface area (Å²) in [7, 11) is 1.79. The number of hydrogen-bond donors (Lipinski definition) is 1. The average molecular weight is 312 g/mol. The van der Waals surface area contributed by atoms with Gasteiger partial charge in [0.25, 0.3) is 0 Å². The minimum absolute atomic E-state index is 0.270. The zero-order chi connectivity index (χ0) is 15.4. The second kappa shape index (κ2) is 7.14. The zero-order valence-corrected chi connectivity index (χ0v) is 13.3. The Balaban J connectivity index is 2.12. The molecule has 1 aromatic rings. The molecule has 1 unspecified atom stereocenters. The lowest BCUT2D eigenvalue weighted by atomic mass is 10.1. The molecule has 116 valence electrons. The van der Waals surface area contributed by atoms with E-state index in [1.165, 1.54) is 12.8 Å². The summed E-state index contributed by atoms with van der Waals surface area (Å²) in [6, 6.07) is 5.01. The summed E-state index contributed by atoms with van der Waals surface area (Å²) in [5.74, 6) is -0.0199. The van der Waals surface area contributed by atoms with Crippen LogP contribution in [-0.2, 0) is 11.3 Å². The Hall–Kier alpha value is -1.26. The van der Waals surface area contributed by atoms with Crippen molar-refractivity contribution in [2.45, 2.75) is 51.3 Å². The highest BCUT2D eigenvalue weighted by Gasteiger charge is 2.21. The van der Waals surface area contributed by atoms with Gasteiger partial charge in [-0.3, -0.25) is 9.69 Å². The maximum absolute atomic E-state index is 11.1. The van der Waals surface area contributed by atoms with Gasteiger partial charge in [0.1, 0.15) is 11.8 Å². The standard InChI is InChI=1S/C16H22ClNO3/c1-11(16(19)20)18(2)10-12-9-13(17)7-8-15(12)21-14-5-3-4-6-14/h7-9,11,14H,3-6,10H2,1-2H3,(H,19,20). The zero-order valence-electron chi connectivity index (χ0n) is 12.5. The number of carboxylic acids is 1. The number of rotatable bonds is 6. The summed E-state index contributed by atoms with van der Waals surface area (Å²) >= 11 is 6.07. The number of carbonyl (C=O) groups is 1. The molecule has 0 spiro atoms. The van der Waals surface area contributed by atoms with Gasteiger partial charge in [0.15, 0.2) is 0 Å². The predicted molar refractivity (Wildman–Crippen MR) is 82.9 cm³/mol. The van der Waals surface area contributed by atoms with Gasteiger partial charge in [-0.05, 0) is 57.9 Å². The fraction of sp³-hybridized carbons (Fsp3) is 0.562. The van der Waals surface area contributed by atoms with Crippen molar-refractivity contribution >= 4 is 17.6 Å². The van der Waals surface area contributed by atoms with Crippen molar-refractivity contribution in [2.24, 2.45) is 0 Å². The van der Waals surface area contributed by atoms with Crippen LogP contribution >= 0.6 is 11.6 Å². The molecule has 1 saturated carbocycles. The van der Waals surface area contributed by atoms with Gasteiger partial charge in [-0.15, -0.1) is 0 Å². The molecular weight excluding hydrogens is 290 g/mol. The summed E-state index contributed by atoms with van der Waals surface area (Å²) in [6.45, 7) is 2.17. The summed E-state index contributed by atoms with van der Waals surface area (Å²) < 4.78 is 6.07. The van der Waals surface area contributed by atoms with Gasteiger partial charge in [0.2, 0.25) is 0 Å². The van der Waals surface area contributed by atoms with Crippen molar-refractivity contribution in [3.8, 4) is 5.75 Å². The van der Waals surface area contributed by atoms with E-state index in [-0.39, 0.29) is 6.10 Å². The van der Waals surface area contributed by atoms with E-state index >= 15 is 0 Å². The van der Waals surface area contributed by atoms with Gasteiger partial charge in [0, 0.05) is 17.1 Å². The number of hydrogen-bond acceptors (Lipinski definition) is 3. The first-order valence-corrected chi connectivity index (χ1v) is 7.73. The van der Waals surface area contributed by atoms with E-state index < -0.39 is 12.0 Å². The molecule has 0 heterocycles. The van der Waals surface area contributed by atoms with Gasteiger partial charge in [-0.25, -0.2) is 0 Å². The van der Waals surface area contributed by atoms with Crippen LogP contribution in [0, 0.1) is 0 Å². The van der Waals surface area contributed by atoms with Crippen LogP contribution in [0.1, 0.15) is 38.2 Å². The first-order chi connectivity index (χ1) is 9.97. The molecule has 0 aliphatic heterocycles. The number of aliphatic carboxylic acids is 1. The third-order valence-electron chi connectivity index (χ3n) is 4.06. The molecule has 0 bridgehead atoms. The number of nitrogens with zero attached hydrogens (tertiary/aromatic N) is 1. The van der Waals surface area contributed by atoms with Crippen LogP contribution in [0.3, 0.4) is 0 Å². The van der Waals surface area contributed by atoms with E-state index in [0.717, 1.165) is 24.2 Å². The normalized spacial score (nSPS) is 17.1. The molecule has 5 heteroatoms. The molecule has 0 radical (unpaired) electrons. The molecule has 0 aromatic heterocycles.